The van der Waals surface area contributed by atoms with Gasteiger partial charge in [0.2, 0.25) is 5.91 Å². The minimum absolute atomic E-state index is 0.0451. The Balaban J connectivity index is 1.82. The second-order valence-corrected chi connectivity index (χ2v) is 5.11. The zero-order chi connectivity index (χ0) is 14.4. The van der Waals surface area contributed by atoms with Crippen LogP contribution in [0.5, 0.6) is 5.75 Å². The lowest BCUT2D eigenvalue weighted by Crippen LogP contribution is -2.58. The summed E-state index contributed by atoms with van der Waals surface area (Å²) in [6.07, 6.45) is 0. The maximum absolute atomic E-state index is 11.8. The molecule has 0 aromatic heterocycles. The number of hydrogen-bond acceptors (Lipinski definition) is 4. The number of nitrogens with zero attached hydrogens (tertiary/aromatic N) is 1. The minimum Gasteiger partial charge on any atom is -0.492 e. The standard InChI is InChI=1S/C14H20ClN3O2/c1-16-14(19)13-10-17-6-7-18(13)8-9-20-12-4-2-11(15)3-5-12/h2-5,13,17H,6-10H2,1H3,(H,16,19). The van der Waals surface area contributed by atoms with Gasteiger partial charge in [-0.1, -0.05) is 11.6 Å². The van der Waals surface area contributed by atoms with E-state index in [0.717, 1.165) is 25.4 Å². The zero-order valence-electron chi connectivity index (χ0n) is 11.6. The number of benzene rings is 1. The number of nitrogens with one attached hydrogen (secondary N) is 2. The van der Waals surface area contributed by atoms with Crippen LogP contribution in [0.1, 0.15) is 0 Å². The minimum atomic E-state index is -0.123. The molecular weight excluding hydrogens is 278 g/mol. The fourth-order valence-corrected chi connectivity index (χ4v) is 2.38. The molecular formula is C14H20ClN3O2. The number of hydrogen-bond donors (Lipinski definition) is 2. The van der Waals surface area contributed by atoms with E-state index in [4.69, 9.17) is 16.3 Å². The van der Waals surface area contributed by atoms with Crippen molar-refractivity contribution in [2.45, 2.75) is 6.04 Å². The predicted octanol–water partition coefficient (Wildman–Crippen LogP) is 0.739. The molecule has 0 spiro atoms. The molecule has 1 atom stereocenters. The molecule has 1 unspecified atom stereocenters. The topological polar surface area (TPSA) is 53.6 Å². The molecule has 0 bridgehead atoms. The van der Waals surface area contributed by atoms with Crippen molar-refractivity contribution >= 4 is 17.5 Å². The molecule has 6 heteroatoms. The first kappa shape index (κ1) is 15.1. The Hall–Kier alpha value is -1.30. The highest BCUT2D eigenvalue weighted by Gasteiger charge is 2.27. The van der Waals surface area contributed by atoms with Crippen molar-refractivity contribution in [3.63, 3.8) is 0 Å². The fraction of sp³-hybridized carbons (Fsp3) is 0.500. The average Bonchev–Trinajstić information content (AvgIpc) is 2.49. The van der Waals surface area contributed by atoms with Gasteiger partial charge in [-0.05, 0) is 24.3 Å². The Morgan fingerprint density at radius 3 is 2.95 bits per heavy atom. The van der Waals surface area contributed by atoms with Gasteiger partial charge in [-0.15, -0.1) is 0 Å². The van der Waals surface area contributed by atoms with Gasteiger partial charge in [0, 0.05) is 38.2 Å². The maximum atomic E-state index is 11.8. The van der Waals surface area contributed by atoms with Crippen molar-refractivity contribution in [1.29, 1.82) is 0 Å². The van der Waals surface area contributed by atoms with E-state index in [1.807, 2.05) is 12.1 Å². The highest BCUT2D eigenvalue weighted by atomic mass is 35.5. The molecule has 2 N–H and O–H groups in total. The van der Waals surface area contributed by atoms with Crippen molar-refractivity contribution < 1.29 is 9.53 Å². The van der Waals surface area contributed by atoms with E-state index >= 15 is 0 Å². The van der Waals surface area contributed by atoms with Crippen LogP contribution in [0, 0.1) is 0 Å². The first-order valence-electron chi connectivity index (χ1n) is 6.75. The molecule has 1 saturated heterocycles. The molecule has 1 amide bonds. The lowest BCUT2D eigenvalue weighted by atomic mass is 10.2. The summed E-state index contributed by atoms with van der Waals surface area (Å²) in [5, 5.41) is 6.63. The molecule has 110 valence electrons. The SMILES string of the molecule is CNC(=O)C1CNCCN1CCOc1ccc(Cl)cc1. The second-order valence-electron chi connectivity index (χ2n) is 4.67. The third-order valence-electron chi connectivity index (χ3n) is 3.36. The van der Waals surface area contributed by atoms with E-state index in [2.05, 4.69) is 15.5 Å². The number of rotatable bonds is 5. The van der Waals surface area contributed by atoms with Crippen LogP contribution < -0.4 is 15.4 Å². The molecule has 20 heavy (non-hydrogen) atoms. The highest BCUT2D eigenvalue weighted by Crippen LogP contribution is 2.15. The summed E-state index contributed by atoms with van der Waals surface area (Å²) in [5.74, 6) is 0.838. The van der Waals surface area contributed by atoms with E-state index in [9.17, 15) is 4.79 Å². The van der Waals surface area contributed by atoms with Crippen molar-refractivity contribution in [2.75, 3.05) is 39.8 Å². The van der Waals surface area contributed by atoms with Crippen LogP contribution >= 0.6 is 11.6 Å². The van der Waals surface area contributed by atoms with Gasteiger partial charge in [-0.3, -0.25) is 9.69 Å². The van der Waals surface area contributed by atoms with Crippen LogP contribution in [0.15, 0.2) is 24.3 Å². The van der Waals surface area contributed by atoms with Crippen LogP contribution in [-0.4, -0.2) is 56.7 Å². The number of ether oxygens (including phenoxy) is 1. The Bertz CT molecular complexity index is 439. The van der Waals surface area contributed by atoms with Crippen molar-refractivity contribution in [3.8, 4) is 5.75 Å². The van der Waals surface area contributed by atoms with Crippen molar-refractivity contribution in [3.05, 3.63) is 29.3 Å². The number of carbonyl (C=O) groups is 1. The van der Waals surface area contributed by atoms with E-state index in [-0.39, 0.29) is 11.9 Å². The zero-order valence-corrected chi connectivity index (χ0v) is 12.3. The molecule has 1 aliphatic heterocycles. The Morgan fingerprint density at radius 2 is 2.25 bits per heavy atom. The highest BCUT2D eigenvalue weighted by molar-refractivity contribution is 6.30. The Labute approximate surface area is 124 Å². The maximum Gasteiger partial charge on any atom is 0.238 e. The summed E-state index contributed by atoms with van der Waals surface area (Å²) in [7, 11) is 1.67. The molecule has 1 fully saturated rings. The number of likely N-dealkylation sites (N-methyl/N-ethyl adjacent to an activating group) is 1. The lowest BCUT2D eigenvalue weighted by molar-refractivity contribution is -0.126. The summed E-state index contributed by atoms with van der Waals surface area (Å²) in [5.41, 5.74) is 0. The Kier molecular flexibility index (Phi) is 5.64. The fourth-order valence-electron chi connectivity index (χ4n) is 2.25. The molecule has 1 aromatic rings. The third-order valence-corrected chi connectivity index (χ3v) is 3.62. The summed E-state index contributed by atoms with van der Waals surface area (Å²) in [6.45, 7) is 3.70. The van der Waals surface area contributed by atoms with Gasteiger partial charge >= 0.3 is 0 Å². The predicted molar refractivity (Wildman–Crippen MR) is 79.2 cm³/mol. The van der Waals surface area contributed by atoms with Gasteiger partial charge in [0.05, 0.1) is 0 Å². The van der Waals surface area contributed by atoms with Gasteiger partial charge in [0.1, 0.15) is 18.4 Å². The average molecular weight is 298 g/mol. The molecule has 1 heterocycles. The van der Waals surface area contributed by atoms with Crippen LogP contribution in [0.4, 0.5) is 0 Å². The molecule has 1 aliphatic rings. The van der Waals surface area contributed by atoms with Crippen molar-refractivity contribution in [1.82, 2.24) is 15.5 Å². The van der Waals surface area contributed by atoms with Gasteiger partial charge in [0.15, 0.2) is 0 Å². The Morgan fingerprint density at radius 1 is 1.50 bits per heavy atom. The van der Waals surface area contributed by atoms with E-state index in [1.54, 1.807) is 19.2 Å². The van der Waals surface area contributed by atoms with E-state index < -0.39 is 0 Å². The number of amides is 1. The van der Waals surface area contributed by atoms with Gasteiger partial charge in [-0.2, -0.15) is 0 Å². The van der Waals surface area contributed by atoms with Crippen LogP contribution in [0.25, 0.3) is 0 Å². The molecule has 1 aromatic carbocycles. The molecule has 0 aliphatic carbocycles. The molecule has 0 radical (unpaired) electrons. The van der Waals surface area contributed by atoms with Gasteiger partial charge < -0.3 is 15.4 Å². The van der Waals surface area contributed by atoms with Crippen LogP contribution in [0.3, 0.4) is 0 Å². The van der Waals surface area contributed by atoms with E-state index in [0.29, 0.717) is 18.2 Å². The van der Waals surface area contributed by atoms with Crippen molar-refractivity contribution in [2.24, 2.45) is 0 Å². The van der Waals surface area contributed by atoms with Gasteiger partial charge in [0.25, 0.3) is 0 Å². The second kappa shape index (κ2) is 7.47. The molecule has 2 rings (SSSR count). The monoisotopic (exact) mass is 297 g/mol. The quantitative estimate of drug-likeness (QED) is 0.842. The smallest absolute Gasteiger partial charge is 0.238 e. The molecule has 5 nitrogen and oxygen atoms in total. The first-order chi connectivity index (χ1) is 9.70. The normalized spacial score (nSPS) is 19.6. The summed E-state index contributed by atoms with van der Waals surface area (Å²) in [4.78, 5) is 13.9. The third kappa shape index (κ3) is 4.10. The van der Waals surface area contributed by atoms with E-state index in [1.165, 1.54) is 0 Å². The number of halogens is 1. The lowest BCUT2D eigenvalue weighted by Gasteiger charge is -2.34. The first-order valence-corrected chi connectivity index (χ1v) is 7.13. The summed E-state index contributed by atoms with van der Waals surface area (Å²) in [6, 6.07) is 7.17. The number of piperazine rings is 1. The van der Waals surface area contributed by atoms with Gasteiger partial charge in [-0.25, -0.2) is 0 Å². The van der Waals surface area contributed by atoms with Crippen LogP contribution in [-0.2, 0) is 4.79 Å². The molecule has 0 saturated carbocycles. The largest absolute Gasteiger partial charge is 0.492 e. The number of carbonyl (C=O) groups excluding carboxylic acids is 1. The van der Waals surface area contributed by atoms with Crippen LogP contribution in [0.2, 0.25) is 5.02 Å². The summed E-state index contributed by atoms with van der Waals surface area (Å²) < 4.78 is 5.67. The summed E-state index contributed by atoms with van der Waals surface area (Å²) >= 11 is 5.82.